The van der Waals surface area contributed by atoms with Crippen molar-refractivity contribution in [3.63, 3.8) is 0 Å². The van der Waals surface area contributed by atoms with Crippen LogP contribution in [-0.4, -0.2) is 54.1 Å². The van der Waals surface area contributed by atoms with Crippen LogP contribution in [0, 0.1) is 0 Å². The number of carboxylic acid groups (broad SMARTS) is 2. The molecule has 0 fully saturated rings. The summed E-state index contributed by atoms with van der Waals surface area (Å²) >= 11 is 0. The molecule has 6 heteroatoms. The fourth-order valence-electron chi connectivity index (χ4n) is 0. The van der Waals surface area contributed by atoms with E-state index in [4.69, 9.17) is 15.0 Å². The van der Waals surface area contributed by atoms with Crippen molar-refractivity contribution >= 4 is 43.9 Å². The second-order valence-corrected chi connectivity index (χ2v) is 0.283. The molecule has 0 aromatic carbocycles. The first-order valence-electron chi connectivity index (χ1n) is 0.651. The quantitative estimate of drug-likeness (QED) is 0.354. The third-order valence-corrected chi connectivity index (χ3v) is 0. The maximum Gasteiger partial charge on any atom is 2.00 e. The van der Waals surface area contributed by atoms with Gasteiger partial charge < -0.3 is 15.9 Å². The van der Waals surface area contributed by atoms with Crippen molar-refractivity contribution in [2.24, 2.45) is 0 Å². The predicted molar refractivity (Wildman–Crippen MR) is 20.9 cm³/mol. The number of hydrogen-bond acceptors (Lipinski definition) is 1. The molecule has 2 N–H and O–H groups in total. The summed E-state index contributed by atoms with van der Waals surface area (Å²) in [5.41, 5.74) is 0. The van der Waals surface area contributed by atoms with E-state index in [1.54, 1.807) is 0 Å². The van der Waals surface area contributed by atoms with E-state index < -0.39 is 6.16 Å². The Balaban J connectivity index is -0.00000000214. The maximum atomic E-state index is 8.56. The second-order valence-electron chi connectivity index (χ2n) is 0.283. The molecule has 0 rings (SSSR count). The first-order chi connectivity index (χ1) is 1.73. The average molecular weight is 168 g/mol. The van der Waals surface area contributed by atoms with Crippen molar-refractivity contribution in [1.29, 1.82) is 0 Å². The van der Waals surface area contributed by atoms with Crippen LogP contribution >= 0.6 is 0 Å². The molecule has 0 saturated carbocycles. The normalized spacial score (nSPS) is 3.43. The Labute approximate surface area is 142 Å². The largest absolute Gasteiger partial charge is 2.00 e. The van der Waals surface area contributed by atoms with Gasteiger partial charge >= 0.3 is 125 Å². The molecule has 0 atom stereocenters. The molecule has 0 radical (unpaired) electrons. The molecular weight excluding hydrogens is 162 g/mol. The second kappa shape index (κ2) is 16.1. The molecule has 0 aliphatic rings. The van der Waals surface area contributed by atoms with Crippen molar-refractivity contribution < 1.29 is 102 Å². The van der Waals surface area contributed by atoms with Gasteiger partial charge in [0.25, 0.3) is 0 Å². The van der Waals surface area contributed by atoms with Crippen LogP contribution in [0.4, 0.5) is 4.79 Å². The molecule has 0 aromatic heterocycles. The van der Waals surface area contributed by atoms with Crippen molar-refractivity contribution in [2.45, 2.75) is 0 Å². The Bertz CT molecular complexity index is 48.3. The summed E-state index contributed by atoms with van der Waals surface area (Å²) in [7, 11) is 0. The SMILES string of the molecule is O=C(O)O.[Ca+2].[H-].[H-].[H-].[H-].[K+].[Na+]. The van der Waals surface area contributed by atoms with Crippen LogP contribution in [0.15, 0.2) is 0 Å². The van der Waals surface area contributed by atoms with Crippen molar-refractivity contribution in [1.82, 2.24) is 0 Å². The zero-order chi connectivity index (χ0) is 3.58. The van der Waals surface area contributed by atoms with Gasteiger partial charge in [0.15, 0.2) is 0 Å². The average Bonchev–Trinajstić information content (AvgIpc) is 0.811. The van der Waals surface area contributed by atoms with Gasteiger partial charge in [-0.1, -0.05) is 0 Å². The van der Waals surface area contributed by atoms with Crippen LogP contribution in [0.1, 0.15) is 5.71 Å². The number of carbonyl (C=O) groups is 1. The molecule has 0 unspecified atom stereocenters. The van der Waals surface area contributed by atoms with Crippen LogP contribution in [0.2, 0.25) is 0 Å². The van der Waals surface area contributed by atoms with E-state index in [1.807, 2.05) is 0 Å². The van der Waals surface area contributed by atoms with E-state index in [9.17, 15) is 0 Å². The Hall–Kier alpha value is 3.17. The van der Waals surface area contributed by atoms with E-state index in [0.717, 1.165) is 0 Å². The van der Waals surface area contributed by atoms with Gasteiger partial charge in [0.1, 0.15) is 0 Å². The van der Waals surface area contributed by atoms with E-state index in [-0.39, 0.29) is 124 Å². The molecule has 0 saturated heterocycles. The van der Waals surface area contributed by atoms with Gasteiger partial charge in [-0.15, -0.1) is 0 Å². The van der Waals surface area contributed by atoms with Gasteiger partial charge in [0, 0.05) is 0 Å². The van der Waals surface area contributed by atoms with Crippen LogP contribution in [0.25, 0.3) is 0 Å². The van der Waals surface area contributed by atoms with Crippen LogP contribution in [0.3, 0.4) is 0 Å². The first-order valence-corrected chi connectivity index (χ1v) is 0.651. The smallest absolute Gasteiger partial charge is 1.00 e. The Kier molecular flexibility index (Phi) is 51.6. The monoisotopic (exact) mass is 168 g/mol. The minimum atomic E-state index is -1.83. The van der Waals surface area contributed by atoms with Crippen LogP contribution < -0.4 is 80.9 Å². The summed E-state index contributed by atoms with van der Waals surface area (Å²) in [6.45, 7) is 0. The summed E-state index contributed by atoms with van der Waals surface area (Å²) in [6.07, 6.45) is -1.83. The Morgan fingerprint density at radius 3 is 1.43 bits per heavy atom. The predicted octanol–water partition coefficient (Wildman–Crippen LogP) is -5.70. The molecule has 0 amide bonds. The molecule has 0 aliphatic carbocycles. The molecule has 0 bridgehead atoms. The molecule has 0 spiro atoms. The zero-order valence-corrected chi connectivity index (χ0v) is 11.8. The van der Waals surface area contributed by atoms with E-state index >= 15 is 0 Å². The summed E-state index contributed by atoms with van der Waals surface area (Å²) in [6, 6.07) is 0. The fourth-order valence-corrected chi connectivity index (χ4v) is 0. The van der Waals surface area contributed by atoms with Crippen LogP contribution in [-0.2, 0) is 0 Å². The number of hydrogen-bond donors (Lipinski definition) is 2. The molecule has 0 aliphatic heterocycles. The summed E-state index contributed by atoms with van der Waals surface area (Å²) in [5, 5.41) is 13.9. The van der Waals surface area contributed by atoms with Gasteiger partial charge in [0.2, 0.25) is 0 Å². The Morgan fingerprint density at radius 1 is 1.43 bits per heavy atom. The third-order valence-electron chi connectivity index (χ3n) is 0. The summed E-state index contributed by atoms with van der Waals surface area (Å²) in [4.78, 5) is 8.56. The van der Waals surface area contributed by atoms with Crippen molar-refractivity contribution in [2.75, 3.05) is 0 Å². The summed E-state index contributed by atoms with van der Waals surface area (Å²) < 4.78 is 0. The standard InChI is InChI=1S/CH2O3.Ca.K.Na.4H/c2-1(3)4;;;;;;;/h(H2,2,3,4);;;;;;;/q;+2;2*+1;4*-1. The zero-order valence-electron chi connectivity index (χ0n) is 8.51. The van der Waals surface area contributed by atoms with Gasteiger partial charge in [-0.3, -0.25) is 0 Å². The minimum Gasteiger partial charge on any atom is -1.00 e. The molecule has 3 nitrogen and oxygen atoms in total. The topological polar surface area (TPSA) is 57.5 Å². The molecule has 7 heavy (non-hydrogen) atoms. The van der Waals surface area contributed by atoms with E-state index in [2.05, 4.69) is 0 Å². The molecular formula is CH6CaKNaO3. The maximum absolute atomic E-state index is 8.56. The van der Waals surface area contributed by atoms with Crippen molar-refractivity contribution in [3.8, 4) is 0 Å². The first kappa shape index (κ1) is 22.5. The summed E-state index contributed by atoms with van der Waals surface area (Å²) in [5.74, 6) is 0. The van der Waals surface area contributed by atoms with Crippen molar-refractivity contribution in [3.05, 3.63) is 0 Å². The molecule has 32 valence electrons. The third kappa shape index (κ3) is 47.0. The molecule has 0 aromatic rings. The van der Waals surface area contributed by atoms with Gasteiger partial charge in [-0.25, -0.2) is 4.79 Å². The van der Waals surface area contributed by atoms with E-state index in [1.165, 1.54) is 0 Å². The van der Waals surface area contributed by atoms with Gasteiger partial charge in [-0.05, 0) is 0 Å². The molecule has 0 heterocycles. The number of rotatable bonds is 0. The van der Waals surface area contributed by atoms with Crippen LogP contribution in [0.5, 0.6) is 0 Å². The fraction of sp³-hybridized carbons (Fsp3) is 0. The minimum absolute atomic E-state index is 0. The van der Waals surface area contributed by atoms with Gasteiger partial charge in [-0.2, -0.15) is 0 Å². The Morgan fingerprint density at radius 2 is 1.43 bits per heavy atom. The van der Waals surface area contributed by atoms with Gasteiger partial charge in [0.05, 0.1) is 0 Å². The van der Waals surface area contributed by atoms with E-state index in [0.29, 0.717) is 0 Å².